The van der Waals surface area contributed by atoms with Gasteiger partial charge in [-0.1, -0.05) is 12.1 Å². The molecule has 9 nitrogen and oxygen atoms in total. The van der Waals surface area contributed by atoms with Crippen LogP contribution < -0.4 is 15.4 Å². The number of anilines is 2. The molecule has 4 atom stereocenters. The highest BCUT2D eigenvalue weighted by atomic mass is 16.5. The molecule has 1 spiro atoms. The number of nitrogens with zero attached hydrogens (tertiary/aromatic N) is 1. The minimum absolute atomic E-state index is 0.0256. The molecule has 38 heavy (non-hydrogen) atoms. The van der Waals surface area contributed by atoms with E-state index in [1.165, 1.54) is 19.8 Å². The van der Waals surface area contributed by atoms with E-state index in [2.05, 4.69) is 15.5 Å². The van der Waals surface area contributed by atoms with Crippen LogP contribution in [-0.2, 0) is 21.4 Å². The number of phenolic OH excluding ortho intramolecular Hbond substituents is 1. The molecule has 0 aromatic heterocycles. The molecule has 2 fully saturated rings. The molecule has 5 N–H and O–H groups in total. The predicted octanol–water partition coefficient (Wildman–Crippen LogP) is 2.98. The van der Waals surface area contributed by atoms with Crippen LogP contribution in [-0.4, -0.2) is 62.9 Å². The first-order chi connectivity index (χ1) is 18.2. The number of aliphatic hydroxyl groups excluding tert-OH is 1. The van der Waals surface area contributed by atoms with Crippen LogP contribution in [0, 0.1) is 5.92 Å². The van der Waals surface area contributed by atoms with Gasteiger partial charge in [-0.15, -0.1) is 0 Å². The summed E-state index contributed by atoms with van der Waals surface area (Å²) in [5.74, 6) is -0.0613. The average molecular weight is 518 g/mol. The second-order valence-electron chi connectivity index (χ2n) is 11.5. The van der Waals surface area contributed by atoms with Gasteiger partial charge in [-0.25, -0.2) is 0 Å². The molecule has 7 rings (SSSR count). The number of aliphatic hydroxyl groups is 2. The molecule has 1 saturated carbocycles. The Morgan fingerprint density at radius 2 is 1.89 bits per heavy atom. The van der Waals surface area contributed by atoms with Crippen molar-refractivity contribution >= 4 is 23.2 Å². The van der Waals surface area contributed by atoms with Crippen molar-refractivity contribution < 1.29 is 29.6 Å². The van der Waals surface area contributed by atoms with E-state index in [9.17, 15) is 24.9 Å². The number of hydrogen-bond donors (Lipinski definition) is 5. The van der Waals surface area contributed by atoms with Gasteiger partial charge in [-0.2, -0.15) is 0 Å². The van der Waals surface area contributed by atoms with Crippen LogP contribution in [0.5, 0.6) is 11.5 Å². The van der Waals surface area contributed by atoms with E-state index in [0.717, 1.165) is 24.2 Å². The molecule has 2 amide bonds. The van der Waals surface area contributed by atoms with Gasteiger partial charge < -0.3 is 30.7 Å². The normalized spacial score (nSPS) is 30.9. The van der Waals surface area contributed by atoms with Crippen molar-refractivity contribution in [2.24, 2.45) is 5.92 Å². The SMILES string of the molecule is CC(=O)Nc1cccc(NC(=O)C2=C(O)[C@@H]3Oc4c(O)ccc5c4[C@@]34CCN(CC3CC3)[C@H](C5)[C@]4(O)C2)c1. The molecule has 1 saturated heterocycles. The summed E-state index contributed by atoms with van der Waals surface area (Å²) in [6.07, 6.45) is 2.52. The van der Waals surface area contributed by atoms with Gasteiger partial charge in [0.1, 0.15) is 5.76 Å². The summed E-state index contributed by atoms with van der Waals surface area (Å²) in [5, 5.41) is 40.4. The molecule has 0 radical (unpaired) electrons. The van der Waals surface area contributed by atoms with E-state index < -0.39 is 23.0 Å². The zero-order chi connectivity index (χ0) is 26.4. The fourth-order valence-electron chi connectivity index (χ4n) is 7.45. The van der Waals surface area contributed by atoms with Crippen LogP contribution in [0.4, 0.5) is 11.4 Å². The molecule has 198 valence electrons. The summed E-state index contributed by atoms with van der Waals surface area (Å²) in [5.41, 5.74) is 0.541. The lowest BCUT2D eigenvalue weighted by Crippen LogP contribution is -2.75. The lowest BCUT2D eigenvalue weighted by atomic mass is 9.49. The van der Waals surface area contributed by atoms with Gasteiger partial charge in [0.25, 0.3) is 5.91 Å². The number of piperidine rings is 1. The van der Waals surface area contributed by atoms with Gasteiger partial charge in [0, 0.05) is 42.9 Å². The maximum Gasteiger partial charge on any atom is 0.255 e. The summed E-state index contributed by atoms with van der Waals surface area (Å²) in [7, 11) is 0. The topological polar surface area (TPSA) is 131 Å². The number of carbonyl (C=O) groups excluding carboxylic acids is 2. The zero-order valence-corrected chi connectivity index (χ0v) is 21.2. The first-order valence-corrected chi connectivity index (χ1v) is 13.3. The van der Waals surface area contributed by atoms with Crippen molar-refractivity contribution in [2.75, 3.05) is 23.7 Å². The van der Waals surface area contributed by atoms with Gasteiger partial charge in [0.15, 0.2) is 17.6 Å². The van der Waals surface area contributed by atoms with E-state index in [1.54, 1.807) is 30.3 Å². The van der Waals surface area contributed by atoms with Crippen molar-refractivity contribution in [3.8, 4) is 11.5 Å². The van der Waals surface area contributed by atoms with Crippen LogP contribution >= 0.6 is 0 Å². The quantitative estimate of drug-likeness (QED) is 0.412. The summed E-state index contributed by atoms with van der Waals surface area (Å²) < 4.78 is 6.25. The molecule has 0 unspecified atom stereocenters. The van der Waals surface area contributed by atoms with Gasteiger partial charge >= 0.3 is 0 Å². The maximum atomic E-state index is 13.6. The number of likely N-dealkylation sites (tertiary alicyclic amines) is 1. The lowest BCUT2D eigenvalue weighted by molar-refractivity contribution is -0.172. The van der Waals surface area contributed by atoms with E-state index in [4.69, 9.17) is 4.74 Å². The largest absolute Gasteiger partial charge is 0.508 e. The number of amides is 2. The van der Waals surface area contributed by atoms with E-state index in [1.807, 2.05) is 6.07 Å². The summed E-state index contributed by atoms with van der Waals surface area (Å²) in [6, 6.07) is 10.0. The van der Waals surface area contributed by atoms with E-state index in [-0.39, 0.29) is 35.5 Å². The lowest BCUT2D eigenvalue weighted by Gasteiger charge is -2.62. The Bertz CT molecular complexity index is 1420. The van der Waals surface area contributed by atoms with Crippen LogP contribution in [0.3, 0.4) is 0 Å². The van der Waals surface area contributed by atoms with Crippen molar-refractivity contribution in [1.82, 2.24) is 4.90 Å². The number of aromatic hydroxyl groups is 1. The predicted molar refractivity (Wildman–Crippen MR) is 139 cm³/mol. The molecular formula is C29H31N3O6. The first kappa shape index (κ1) is 23.5. The van der Waals surface area contributed by atoms with Crippen LogP contribution in [0.2, 0.25) is 0 Å². The van der Waals surface area contributed by atoms with Crippen molar-refractivity contribution in [3.05, 3.63) is 58.9 Å². The Hall–Kier alpha value is -3.56. The summed E-state index contributed by atoms with van der Waals surface area (Å²) >= 11 is 0. The Morgan fingerprint density at radius 1 is 1.13 bits per heavy atom. The molecule has 9 heteroatoms. The highest BCUT2D eigenvalue weighted by Gasteiger charge is 2.73. The number of benzene rings is 2. The molecule has 2 bridgehead atoms. The summed E-state index contributed by atoms with van der Waals surface area (Å²) in [4.78, 5) is 27.4. The van der Waals surface area contributed by atoms with Crippen molar-refractivity contribution in [2.45, 2.75) is 62.2 Å². The molecule has 2 aromatic rings. The third-order valence-corrected chi connectivity index (χ3v) is 9.23. The highest BCUT2D eigenvalue weighted by molar-refractivity contribution is 6.05. The number of nitrogens with one attached hydrogen (secondary N) is 2. The Labute approximate surface area is 220 Å². The fraction of sp³-hybridized carbons (Fsp3) is 0.448. The average Bonchev–Trinajstić information content (AvgIpc) is 3.60. The number of ether oxygens (including phenoxy) is 1. The van der Waals surface area contributed by atoms with Gasteiger partial charge in [-0.05, 0) is 68.0 Å². The Morgan fingerprint density at radius 3 is 2.63 bits per heavy atom. The smallest absolute Gasteiger partial charge is 0.255 e. The second-order valence-corrected chi connectivity index (χ2v) is 11.5. The van der Waals surface area contributed by atoms with Crippen molar-refractivity contribution in [1.29, 1.82) is 0 Å². The third-order valence-electron chi connectivity index (χ3n) is 9.23. The molecule has 2 heterocycles. The molecule has 2 aromatic carbocycles. The van der Waals surface area contributed by atoms with Crippen LogP contribution in [0.1, 0.15) is 43.7 Å². The second kappa shape index (κ2) is 7.97. The van der Waals surface area contributed by atoms with E-state index in [0.29, 0.717) is 35.9 Å². The third kappa shape index (κ3) is 3.18. The molecule has 2 aliphatic heterocycles. The van der Waals surface area contributed by atoms with Gasteiger partial charge in [0.2, 0.25) is 5.91 Å². The van der Waals surface area contributed by atoms with Crippen molar-refractivity contribution in [3.63, 3.8) is 0 Å². The standard InChI is InChI=1S/C29H31N3O6/c1-15(33)30-18-3-2-4-19(12-18)31-27(36)20-13-29(37)22-11-17-7-8-21(34)25-23(17)28(29,26(38-25)24(20)35)9-10-32(22)14-16-5-6-16/h2-4,7-8,12,16,22,26,34-35,37H,5-6,9-11,13-14H2,1H3,(H,30,33)(H,31,36)/t22-,26+,28+,29-/m1/s1. The van der Waals surface area contributed by atoms with E-state index >= 15 is 0 Å². The molecule has 3 aliphatic carbocycles. The number of rotatable bonds is 5. The van der Waals surface area contributed by atoms with Gasteiger partial charge in [0.05, 0.1) is 16.6 Å². The molecular weight excluding hydrogens is 486 g/mol. The monoisotopic (exact) mass is 517 g/mol. The number of phenols is 1. The minimum Gasteiger partial charge on any atom is -0.508 e. The Balaban J connectivity index is 1.30. The number of carbonyl (C=O) groups is 2. The fourth-order valence-corrected chi connectivity index (χ4v) is 7.45. The zero-order valence-electron chi connectivity index (χ0n) is 21.2. The number of hydrogen-bond acceptors (Lipinski definition) is 7. The minimum atomic E-state index is -1.37. The van der Waals surface area contributed by atoms with Crippen LogP contribution in [0.15, 0.2) is 47.7 Å². The first-order valence-electron chi connectivity index (χ1n) is 13.3. The Kier molecular flexibility index (Phi) is 4.94. The summed E-state index contributed by atoms with van der Waals surface area (Å²) in [6.45, 7) is 3.06. The van der Waals surface area contributed by atoms with Crippen LogP contribution in [0.25, 0.3) is 0 Å². The van der Waals surface area contributed by atoms with Gasteiger partial charge in [-0.3, -0.25) is 14.5 Å². The maximum absolute atomic E-state index is 13.6. The highest BCUT2D eigenvalue weighted by Crippen LogP contribution is 2.66. The molecule has 5 aliphatic rings.